The van der Waals surface area contributed by atoms with Crippen LogP contribution in [0.3, 0.4) is 0 Å². The van der Waals surface area contributed by atoms with E-state index >= 15 is 0 Å². The summed E-state index contributed by atoms with van der Waals surface area (Å²) in [6, 6.07) is 7.86. The monoisotopic (exact) mass is 270 g/mol. The summed E-state index contributed by atoms with van der Waals surface area (Å²) >= 11 is 3.43. The van der Waals surface area contributed by atoms with Gasteiger partial charge in [0.2, 0.25) is 0 Å². The van der Waals surface area contributed by atoms with Crippen LogP contribution in [0.5, 0.6) is 0 Å². The third-order valence-electron chi connectivity index (χ3n) is 2.01. The summed E-state index contributed by atoms with van der Waals surface area (Å²) in [5, 5.41) is 0. The normalized spacial score (nSPS) is 10.3. The summed E-state index contributed by atoms with van der Waals surface area (Å²) in [4.78, 5) is 11.2. The average molecular weight is 271 g/mol. The Kier molecular flexibility index (Phi) is 5.58. The summed E-state index contributed by atoms with van der Waals surface area (Å²) in [6.07, 6.45) is 1.49. The van der Waals surface area contributed by atoms with Crippen molar-refractivity contribution in [3.05, 3.63) is 34.3 Å². The molecule has 0 atom stereocenters. The summed E-state index contributed by atoms with van der Waals surface area (Å²) in [5.74, 6) is 0.171. The number of ketones is 1. The van der Waals surface area contributed by atoms with Gasteiger partial charge in [0.1, 0.15) is 6.61 Å². The largest absolute Gasteiger partial charge is 0.369 e. The first-order valence-corrected chi connectivity index (χ1v) is 5.86. The second-order valence-corrected chi connectivity index (χ2v) is 4.23. The molecule has 0 aliphatic rings. The van der Waals surface area contributed by atoms with Crippen molar-refractivity contribution in [2.24, 2.45) is 0 Å². The molecule has 0 aliphatic carbocycles. The van der Waals surface area contributed by atoms with Crippen molar-refractivity contribution in [1.82, 2.24) is 0 Å². The zero-order valence-corrected chi connectivity index (χ0v) is 10.4. The molecule has 1 aromatic rings. The van der Waals surface area contributed by atoms with Crippen molar-refractivity contribution in [2.45, 2.75) is 26.4 Å². The molecule has 0 heterocycles. The van der Waals surface area contributed by atoms with Crippen molar-refractivity contribution >= 4 is 21.7 Å². The van der Waals surface area contributed by atoms with Crippen LogP contribution in [0.2, 0.25) is 0 Å². The zero-order chi connectivity index (χ0) is 11.1. The Labute approximate surface area is 98.8 Å². The summed E-state index contributed by atoms with van der Waals surface area (Å²) in [6.45, 7) is 2.69. The number of hydrogen-bond donors (Lipinski definition) is 0. The maximum Gasteiger partial charge on any atom is 0.158 e. The average Bonchev–Trinajstić information content (AvgIpc) is 2.21. The SMILES string of the molecule is CCCC(=O)COCc1ccccc1Br. The molecule has 1 aromatic carbocycles. The Morgan fingerprint density at radius 2 is 2.13 bits per heavy atom. The third-order valence-corrected chi connectivity index (χ3v) is 2.78. The Morgan fingerprint density at radius 3 is 2.80 bits per heavy atom. The highest BCUT2D eigenvalue weighted by atomic mass is 79.9. The van der Waals surface area contributed by atoms with E-state index in [1.54, 1.807) is 0 Å². The van der Waals surface area contributed by atoms with Gasteiger partial charge in [-0.3, -0.25) is 4.79 Å². The summed E-state index contributed by atoms with van der Waals surface area (Å²) < 4.78 is 6.36. The van der Waals surface area contributed by atoms with Crippen molar-refractivity contribution in [3.8, 4) is 0 Å². The lowest BCUT2D eigenvalue weighted by Crippen LogP contribution is -2.08. The van der Waals surface area contributed by atoms with Gasteiger partial charge in [-0.2, -0.15) is 0 Å². The van der Waals surface area contributed by atoms with Crippen LogP contribution in [0, 0.1) is 0 Å². The highest BCUT2D eigenvalue weighted by Gasteiger charge is 2.02. The molecule has 0 aromatic heterocycles. The van der Waals surface area contributed by atoms with Gasteiger partial charge in [0.15, 0.2) is 5.78 Å². The van der Waals surface area contributed by atoms with Gasteiger partial charge in [-0.1, -0.05) is 41.1 Å². The number of benzene rings is 1. The van der Waals surface area contributed by atoms with E-state index in [9.17, 15) is 4.79 Å². The number of carbonyl (C=O) groups excluding carboxylic acids is 1. The summed E-state index contributed by atoms with van der Waals surface area (Å²) in [5.41, 5.74) is 1.07. The smallest absolute Gasteiger partial charge is 0.158 e. The van der Waals surface area contributed by atoms with Crippen LogP contribution in [0.1, 0.15) is 25.3 Å². The number of hydrogen-bond acceptors (Lipinski definition) is 2. The minimum Gasteiger partial charge on any atom is -0.369 e. The first-order valence-electron chi connectivity index (χ1n) is 5.07. The molecule has 0 fully saturated rings. The van der Waals surface area contributed by atoms with Gasteiger partial charge in [-0.05, 0) is 18.1 Å². The molecule has 82 valence electrons. The number of ether oxygens (including phenoxy) is 1. The van der Waals surface area contributed by atoms with Gasteiger partial charge >= 0.3 is 0 Å². The number of rotatable bonds is 6. The predicted molar refractivity (Wildman–Crippen MR) is 63.7 cm³/mol. The molecule has 1 rings (SSSR count). The molecule has 0 saturated carbocycles. The van der Waals surface area contributed by atoms with Crippen molar-refractivity contribution in [2.75, 3.05) is 6.61 Å². The van der Waals surface area contributed by atoms with E-state index in [1.165, 1.54) is 0 Å². The fourth-order valence-electron chi connectivity index (χ4n) is 1.24. The molecular weight excluding hydrogens is 256 g/mol. The molecule has 15 heavy (non-hydrogen) atoms. The van der Waals surface area contributed by atoms with E-state index in [-0.39, 0.29) is 12.4 Å². The van der Waals surface area contributed by atoms with Crippen LogP contribution < -0.4 is 0 Å². The van der Waals surface area contributed by atoms with E-state index in [0.29, 0.717) is 13.0 Å². The molecule has 0 saturated heterocycles. The van der Waals surface area contributed by atoms with Gasteiger partial charge < -0.3 is 4.74 Å². The first kappa shape index (κ1) is 12.4. The lowest BCUT2D eigenvalue weighted by molar-refractivity contribution is -0.124. The first-order chi connectivity index (χ1) is 7.24. The second-order valence-electron chi connectivity index (χ2n) is 3.37. The standard InChI is InChI=1S/C12H15BrO2/c1-2-5-11(14)9-15-8-10-6-3-4-7-12(10)13/h3-4,6-7H,2,5,8-9H2,1H3. The number of carbonyl (C=O) groups is 1. The molecule has 0 spiro atoms. The fraction of sp³-hybridized carbons (Fsp3) is 0.417. The number of Topliss-reactive ketones (excluding diaryl/α,β-unsaturated/α-hetero) is 1. The van der Waals surface area contributed by atoms with E-state index in [1.807, 2.05) is 31.2 Å². The topological polar surface area (TPSA) is 26.3 Å². The lowest BCUT2D eigenvalue weighted by atomic mass is 10.2. The number of halogens is 1. The highest BCUT2D eigenvalue weighted by molar-refractivity contribution is 9.10. The minimum absolute atomic E-state index is 0.171. The van der Waals surface area contributed by atoms with Crippen LogP contribution in [0.25, 0.3) is 0 Å². The van der Waals surface area contributed by atoms with E-state index < -0.39 is 0 Å². The quantitative estimate of drug-likeness (QED) is 0.793. The van der Waals surface area contributed by atoms with Crippen LogP contribution in [0.15, 0.2) is 28.7 Å². The van der Waals surface area contributed by atoms with Gasteiger partial charge in [-0.25, -0.2) is 0 Å². The molecule has 0 amide bonds. The van der Waals surface area contributed by atoms with Gasteiger partial charge in [-0.15, -0.1) is 0 Å². The molecule has 0 N–H and O–H groups in total. The third kappa shape index (κ3) is 4.58. The molecule has 0 radical (unpaired) electrons. The zero-order valence-electron chi connectivity index (χ0n) is 8.83. The maximum atomic E-state index is 11.2. The van der Waals surface area contributed by atoms with Crippen LogP contribution in [-0.4, -0.2) is 12.4 Å². The Morgan fingerprint density at radius 1 is 1.40 bits per heavy atom. The van der Waals surface area contributed by atoms with E-state index in [0.717, 1.165) is 16.5 Å². The molecule has 0 bridgehead atoms. The molecular formula is C12H15BrO2. The minimum atomic E-state index is 0.171. The predicted octanol–water partition coefficient (Wildman–Crippen LogP) is 3.33. The Bertz CT molecular complexity index is 323. The summed E-state index contributed by atoms with van der Waals surface area (Å²) in [7, 11) is 0. The van der Waals surface area contributed by atoms with Crippen LogP contribution in [0.4, 0.5) is 0 Å². The highest BCUT2D eigenvalue weighted by Crippen LogP contribution is 2.16. The lowest BCUT2D eigenvalue weighted by Gasteiger charge is -2.05. The molecule has 0 aliphatic heterocycles. The molecule has 0 unspecified atom stereocenters. The van der Waals surface area contributed by atoms with Crippen LogP contribution >= 0.6 is 15.9 Å². The van der Waals surface area contributed by atoms with E-state index in [4.69, 9.17) is 4.74 Å². The Hall–Kier alpha value is -0.670. The fourth-order valence-corrected chi connectivity index (χ4v) is 1.64. The van der Waals surface area contributed by atoms with Gasteiger partial charge in [0, 0.05) is 10.9 Å². The molecule has 2 nitrogen and oxygen atoms in total. The van der Waals surface area contributed by atoms with Crippen molar-refractivity contribution in [3.63, 3.8) is 0 Å². The maximum absolute atomic E-state index is 11.2. The van der Waals surface area contributed by atoms with Gasteiger partial charge in [0.25, 0.3) is 0 Å². The van der Waals surface area contributed by atoms with Crippen molar-refractivity contribution < 1.29 is 9.53 Å². The van der Waals surface area contributed by atoms with E-state index in [2.05, 4.69) is 15.9 Å². The molecule has 3 heteroatoms. The van der Waals surface area contributed by atoms with Crippen molar-refractivity contribution in [1.29, 1.82) is 0 Å². The van der Waals surface area contributed by atoms with Crippen LogP contribution in [-0.2, 0) is 16.1 Å². The Balaban J connectivity index is 2.32. The second kappa shape index (κ2) is 6.75. The van der Waals surface area contributed by atoms with Gasteiger partial charge in [0.05, 0.1) is 6.61 Å².